The van der Waals surface area contributed by atoms with Gasteiger partial charge >= 0.3 is 31.4 Å². The SMILES string of the molecule is C=CCOC(=O)CCc1c2nc(c(-n3ccnc3)c3ccc([n-]3)c(CCC(=O)OCC=C)c3nc(c(C#CC#CC)c4ccc1[n-]4)C=C3)C=C2.[Zn+2]. The van der Waals surface area contributed by atoms with E-state index in [0.29, 0.717) is 68.9 Å². The largest absolute Gasteiger partial charge is 2.00 e. The molecular weight excluding hydrogens is 694 g/mol. The number of carbonyl (C=O) groups is 2. The molecule has 4 aromatic rings. The summed E-state index contributed by atoms with van der Waals surface area (Å²) in [5.74, 6) is 11.0. The van der Waals surface area contributed by atoms with E-state index in [9.17, 15) is 9.59 Å². The Kier molecular flexibility index (Phi) is 12.1. The Morgan fingerprint density at radius 3 is 1.92 bits per heavy atom. The second-order valence-corrected chi connectivity index (χ2v) is 11.1. The Hall–Kier alpha value is -6.03. The summed E-state index contributed by atoms with van der Waals surface area (Å²) in [6.45, 7) is 9.23. The fourth-order valence-corrected chi connectivity index (χ4v) is 5.54. The van der Waals surface area contributed by atoms with Crippen molar-refractivity contribution in [2.45, 2.75) is 32.6 Å². The summed E-state index contributed by atoms with van der Waals surface area (Å²) in [6.07, 6.45) is 16.8. The Labute approximate surface area is 308 Å². The van der Waals surface area contributed by atoms with Crippen LogP contribution in [0, 0.1) is 23.7 Å². The van der Waals surface area contributed by atoms with Gasteiger partial charge in [-0.1, -0.05) is 61.4 Å². The van der Waals surface area contributed by atoms with Crippen molar-refractivity contribution in [3.8, 4) is 29.4 Å². The maximum absolute atomic E-state index is 12.6. The average Bonchev–Trinajstić information content (AvgIpc) is 3.97. The Balaban J connectivity index is 0.00000504. The first-order chi connectivity index (χ1) is 24.5. The third-order valence-corrected chi connectivity index (χ3v) is 7.81. The van der Waals surface area contributed by atoms with E-state index in [2.05, 4.69) is 41.8 Å². The number of imidazole rings is 1. The molecule has 0 saturated heterocycles. The van der Waals surface area contributed by atoms with Crippen molar-refractivity contribution in [1.82, 2.24) is 29.5 Å². The molecule has 10 nitrogen and oxygen atoms in total. The number of esters is 2. The molecular formula is C40H32N6O4Zn. The number of hydrogen-bond acceptors (Lipinski definition) is 7. The van der Waals surface area contributed by atoms with Gasteiger partial charge in [0.2, 0.25) is 0 Å². The number of fused-ring (bicyclic) bond motifs is 8. The Bertz CT molecular complexity index is 2310. The van der Waals surface area contributed by atoms with Crippen LogP contribution in [0.15, 0.2) is 68.3 Å². The summed E-state index contributed by atoms with van der Waals surface area (Å²) >= 11 is 0. The molecule has 0 amide bonds. The second kappa shape index (κ2) is 17.1. The van der Waals surface area contributed by atoms with Crippen molar-refractivity contribution in [3.05, 3.63) is 108 Å². The number of ether oxygens (including phenoxy) is 2. The van der Waals surface area contributed by atoms with Crippen LogP contribution in [-0.2, 0) is 51.4 Å². The molecule has 0 aromatic carbocycles. The molecule has 0 atom stereocenters. The zero-order valence-corrected chi connectivity index (χ0v) is 31.2. The van der Waals surface area contributed by atoms with Crippen LogP contribution in [-0.4, -0.2) is 44.7 Å². The number of aromatic nitrogens is 6. The maximum Gasteiger partial charge on any atom is 2.00 e. The molecule has 6 rings (SSSR count). The molecule has 0 aliphatic carbocycles. The minimum absolute atomic E-state index is 0. The molecule has 2 aliphatic heterocycles. The van der Waals surface area contributed by atoms with Gasteiger partial charge in [-0.3, -0.25) is 9.59 Å². The van der Waals surface area contributed by atoms with Crippen LogP contribution < -0.4 is 9.97 Å². The molecule has 51 heavy (non-hydrogen) atoms. The van der Waals surface area contributed by atoms with Gasteiger partial charge in [-0.05, 0) is 67.0 Å². The zero-order valence-electron chi connectivity index (χ0n) is 28.2. The fraction of sp³-hybridized carbons (Fsp3) is 0.175. The normalized spacial score (nSPS) is 11.0. The van der Waals surface area contributed by atoms with Crippen LogP contribution in [0.2, 0.25) is 0 Å². The van der Waals surface area contributed by atoms with Crippen molar-refractivity contribution in [2.75, 3.05) is 13.2 Å². The van der Waals surface area contributed by atoms with Crippen molar-refractivity contribution in [2.24, 2.45) is 0 Å². The number of rotatable bonds is 11. The maximum atomic E-state index is 12.6. The van der Waals surface area contributed by atoms with Gasteiger partial charge < -0.3 is 24.0 Å². The predicted octanol–water partition coefficient (Wildman–Crippen LogP) is 5.80. The van der Waals surface area contributed by atoms with E-state index in [1.54, 1.807) is 19.4 Å². The molecule has 11 heteroatoms. The number of nitrogens with zero attached hydrogens (tertiary/aromatic N) is 6. The summed E-state index contributed by atoms with van der Waals surface area (Å²) in [6, 6.07) is 7.58. The fourth-order valence-electron chi connectivity index (χ4n) is 5.54. The van der Waals surface area contributed by atoms with Gasteiger partial charge in [0.1, 0.15) is 13.2 Å². The predicted molar refractivity (Wildman–Crippen MR) is 193 cm³/mol. The van der Waals surface area contributed by atoms with Gasteiger partial charge in [0.15, 0.2) is 0 Å². The van der Waals surface area contributed by atoms with Crippen LogP contribution in [0.5, 0.6) is 0 Å². The molecule has 0 radical (unpaired) electrons. The van der Waals surface area contributed by atoms with Gasteiger partial charge in [-0.2, -0.15) is 0 Å². The Morgan fingerprint density at radius 2 is 1.33 bits per heavy atom. The van der Waals surface area contributed by atoms with E-state index in [-0.39, 0.29) is 57.5 Å². The number of aryl methyl sites for hydroxylation is 2. The molecule has 0 N–H and O–H groups in total. The van der Waals surface area contributed by atoms with Gasteiger partial charge in [0.25, 0.3) is 0 Å². The number of carbonyl (C=O) groups excluding carboxylic acids is 2. The average molecular weight is 726 g/mol. The zero-order chi connectivity index (χ0) is 34.9. The van der Waals surface area contributed by atoms with Crippen molar-refractivity contribution in [3.63, 3.8) is 0 Å². The standard InChI is InChI=1S/C40H32N6O4.Zn/c1-4-7-8-9-27-30-12-14-32(42-30)28(10-20-38(47)49-24-5-2)34-16-18-36(44-34)40(46-23-22-41-26-46)37-19-17-35(45-37)29(33-15-13-31(27)43-33)11-21-39(48)50-25-6-3;/h5-6,12-19,22-23,26H,2-3,10-11,20-21,24-25H2,1H3;/q-2;+2. The summed E-state index contributed by atoms with van der Waals surface area (Å²) in [5, 5.41) is 0. The smallest absolute Gasteiger partial charge is 0.656 e. The topological polar surface area (TPSA) is 124 Å². The van der Waals surface area contributed by atoms with Crippen LogP contribution in [0.25, 0.3) is 52.1 Å². The molecule has 6 heterocycles. The van der Waals surface area contributed by atoms with Crippen LogP contribution in [0.4, 0.5) is 0 Å². The second-order valence-electron chi connectivity index (χ2n) is 11.1. The van der Waals surface area contributed by atoms with E-state index in [0.717, 1.165) is 11.1 Å². The summed E-state index contributed by atoms with van der Waals surface area (Å²) in [7, 11) is 0. The van der Waals surface area contributed by atoms with Gasteiger partial charge in [-0.15, -0.1) is 22.1 Å². The van der Waals surface area contributed by atoms with Crippen LogP contribution in [0.3, 0.4) is 0 Å². The molecule has 248 valence electrons. The molecule has 0 fully saturated rings. The third-order valence-electron chi connectivity index (χ3n) is 7.81. The van der Waals surface area contributed by atoms with Crippen LogP contribution in [0.1, 0.15) is 59.2 Å². The minimum atomic E-state index is -0.354. The van der Waals surface area contributed by atoms with E-state index in [4.69, 9.17) is 29.4 Å². The van der Waals surface area contributed by atoms with Crippen molar-refractivity contribution >= 4 is 58.3 Å². The van der Waals surface area contributed by atoms with E-state index < -0.39 is 0 Å². The first-order valence-electron chi connectivity index (χ1n) is 16.0. The third kappa shape index (κ3) is 8.41. The van der Waals surface area contributed by atoms with Crippen molar-refractivity contribution < 1.29 is 38.5 Å². The van der Waals surface area contributed by atoms with Gasteiger partial charge in [0.05, 0.1) is 34.8 Å². The Morgan fingerprint density at radius 1 is 0.784 bits per heavy atom. The monoisotopic (exact) mass is 724 g/mol. The van der Waals surface area contributed by atoms with Crippen LogP contribution >= 0.6 is 0 Å². The number of hydrogen-bond donors (Lipinski definition) is 0. The summed E-state index contributed by atoms with van der Waals surface area (Å²) in [4.78, 5) is 49.5. The first-order valence-corrected chi connectivity index (χ1v) is 16.0. The quantitative estimate of drug-likeness (QED) is 0.0706. The summed E-state index contributed by atoms with van der Waals surface area (Å²) in [5.41, 5.74) is 7.89. The molecule has 0 unspecified atom stereocenters. The molecule has 8 bridgehead atoms. The molecule has 0 spiro atoms. The molecule has 4 aromatic heterocycles. The first kappa shape index (κ1) is 36.3. The van der Waals surface area contributed by atoms with Crippen molar-refractivity contribution in [1.29, 1.82) is 0 Å². The van der Waals surface area contributed by atoms with E-state index in [1.165, 1.54) is 12.2 Å². The van der Waals surface area contributed by atoms with Gasteiger partial charge in [0, 0.05) is 30.8 Å². The van der Waals surface area contributed by atoms with E-state index in [1.807, 2.05) is 59.3 Å². The van der Waals surface area contributed by atoms with Gasteiger partial charge in [-0.25, -0.2) is 15.0 Å². The summed E-state index contributed by atoms with van der Waals surface area (Å²) < 4.78 is 12.4. The molecule has 0 saturated carbocycles. The minimum Gasteiger partial charge on any atom is -0.656 e. The van der Waals surface area contributed by atoms with E-state index >= 15 is 0 Å². The molecule has 2 aliphatic rings.